The molecule has 1 aromatic heterocycles. The van der Waals surface area contributed by atoms with Crippen LogP contribution in [0.15, 0.2) is 42.6 Å². The molecule has 0 atom stereocenters. The number of alkyl halides is 2. The van der Waals surface area contributed by atoms with Crippen molar-refractivity contribution in [3.05, 3.63) is 58.3 Å². The van der Waals surface area contributed by atoms with E-state index in [2.05, 4.69) is 9.72 Å². The van der Waals surface area contributed by atoms with Gasteiger partial charge in [-0.3, -0.25) is 14.9 Å². The van der Waals surface area contributed by atoms with Gasteiger partial charge in [0.15, 0.2) is 0 Å². The fourth-order valence-electron chi connectivity index (χ4n) is 2.91. The van der Waals surface area contributed by atoms with Crippen LogP contribution in [0, 0.1) is 10.1 Å². The van der Waals surface area contributed by atoms with Crippen LogP contribution in [0.25, 0.3) is 0 Å². The Bertz CT molecular complexity index is 841. The SMILES string of the molecule is O=C(c1ccccc1OC(F)F)N1CCN(c2ncccc2[N+](=O)[O-])CC1. The van der Waals surface area contributed by atoms with E-state index in [1.54, 1.807) is 11.0 Å². The van der Waals surface area contributed by atoms with Gasteiger partial charge in [0.1, 0.15) is 5.75 Å². The van der Waals surface area contributed by atoms with Gasteiger partial charge in [0.2, 0.25) is 5.82 Å². The molecule has 0 unspecified atom stereocenters. The predicted molar refractivity (Wildman–Crippen MR) is 92.1 cm³/mol. The van der Waals surface area contributed by atoms with Crippen LogP contribution in [0.1, 0.15) is 10.4 Å². The molecule has 1 aliphatic rings. The molecule has 1 saturated heterocycles. The van der Waals surface area contributed by atoms with Gasteiger partial charge < -0.3 is 14.5 Å². The molecule has 142 valence electrons. The fraction of sp³-hybridized carbons (Fsp3) is 0.294. The molecule has 1 amide bonds. The number of aromatic nitrogens is 1. The van der Waals surface area contributed by atoms with Gasteiger partial charge in [0.05, 0.1) is 10.5 Å². The summed E-state index contributed by atoms with van der Waals surface area (Å²) in [5, 5.41) is 11.1. The molecule has 0 N–H and O–H groups in total. The summed E-state index contributed by atoms with van der Waals surface area (Å²) >= 11 is 0. The first kappa shape index (κ1) is 18.5. The number of nitro groups is 1. The molecule has 2 aromatic rings. The van der Waals surface area contributed by atoms with Gasteiger partial charge in [0, 0.05) is 38.4 Å². The van der Waals surface area contributed by atoms with Crippen molar-refractivity contribution in [2.24, 2.45) is 0 Å². The number of benzene rings is 1. The van der Waals surface area contributed by atoms with Gasteiger partial charge >= 0.3 is 12.3 Å². The van der Waals surface area contributed by atoms with Gasteiger partial charge in [-0.2, -0.15) is 8.78 Å². The van der Waals surface area contributed by atoms with E-state index in [0.29, 0.717) is 13.1 Å². The summed E-state index contributed by atoms with van der Waals surface area (Å²) in [6.45, 7) is -1.81. The van der Waals surface area contributed by atoms with E-state index >= 15 is 0 Å². The molecular weight excluding hydrogens is 362 g/mol. The third-order valence-corrected chi connectivity index (χ3v) is 4.16. The predicted octanol–water partition coefficient (Wildman–Crippen LogP) is 2.55. The maximum absolute atomic E-state index is 12.7. The maximum Gasteiger partial charge on any atom is 0.387 e. The standard InChI is InChI=1S/C17H16F2N4O4/c18-17(19)27-14-6-2-1-4-12(14)16(24)22-10-8-21(9-11-22)15-13(23(25)26)5-3-7-20-15/h1-7,17H,8-11H2. The highest BCUT2D eigenvalue weighted by atomic mass is 19.3. The van der Waals surface area contributed by atoms with Gasteiger partial charge in [0.25, 0.3) is 5.91 Å². The van der Waals surface area contributed by atoms with E-state index in [4.69, 9.17) is 0 Å². The second-order valence-electron chi connectivity index (χ2n) is 5.76. The molecule has 27 heavy (non-hydrogen) atoms. The van der Waals surface area contributed by atoms with E-state index in [-0.39, 0.29) is 35.9 Å². The average molecular weight is 378 g/mol. The maximum atomic E-state index is 12.7. The summed E-state index contributed by atoms with van der Waals surface area (Å²) in [5.41, 5.74) is -0.0528. The largest absolute Gasteiger partial charge is 0.434 e. The van der Waals surface area contributed by atoms with E-state index in [9.17, 15) is 23.7 Å². The molecule has 0 saturated carbocycles. The van der Waals surface area contributed by atoms with Crippen LogP contribution in [0.4, 0.5) is 20.3 Å². The van der Waals surface area contributed by atoms with Crippen LogP contribution in [-0.4, -0.2) is 53.5 Å². The lowest BCUT2D eigenvalue weighted by Gasteiger charge is -2.35. The van der Waals surface area contributed by atoms with Crippen LogP contribution >= 0.6 is 0 Å². The molecule has 8 nitrogen and oxygen atoms in total. The minimum absolute atomic E-state index is 0.0510. The van der Waals surface area contributed by atoms with Crippen molar-refractivity contribution < 1.29 is 23.2 Å². The molecule has 2 heterocycles. The highest BCUT2D eigenvalue weighted by Crippen LogP contribution is 2.27. The summed E-state index contributed by atoms with van der Waals surface area (Å²) in [6.07, 6.45) is 1.47. The number of rotatable bonds is 5. The Balaban J connectivity index is 1.72. The molecule has 0 spiro atoms. The molecular formula is C17H16F2N4O4. The number of anilines is 1. The fourth-order valence-corrected chi connectivity index (χ4v) is 2.91. The van der Waals surface area contributed by atoms with Crippen molar-refractivity contribution in [2.75, 3.05) is 31.1 Å². The molecule has 0 aliphatic carbocycles. The third-order valence-electron chi connectivity index (χ3n) is 4.16. The lowest BCUT2D eigenvalue weighted by Crippen LogP contribution is -2.49. The number of piperazine rings is 1. The van der Waals surface area contributed by atoms with Gasteiger partial charge in [-0.15, -0.1) is 0 Å². The van der Waals surface area contributed by atoms with E-state index in [1.807, 2.05) is 0 Å². The van der Waals surface area contributed by atoms with Crippen LogP contribution in [-0.2, 0) is 0 Å². The highest BCUT2D eigenvalue weighted by molar-refractivity contribution is 5.97. The number of carbonyl (C=O) groups excluding carboxylic acids is 1. The van der Waals surface area contributed by atoms with Crippen molar-refractivity contribution in [1.29, 1.82) is 0 Å². The van der Waals surface area contributed by atoms with Crippen molar-refractivity contribution >= 4 is 17.4 Å². The van der Waals surface area contributed by atoms with Gasteiger partial charge in [-0.1, -0.05) is 12.1 Å². The normalized spacial score (nSPS) is 14.3. The van der Waals surface area contributed by atoms with Crippen molar-refractivity contribution in [1.82, 2.24) is 9.88 Å². The number of carbonyl (C=O) groups is 1. The molecule has 10 heteroatoms. The number of para-hydroxylation sites is 1. The smallest absolute Gasteiger partial charge is 0.387 e. The summed E-state index contributed by atoms with van der Waals surface area (Å²) in [5.74, 6) is -0.363. The van der Waals surface area contributed by atoms with E-state index < -0.39 is 17.4 Å². The van der Waals surface area contributed by atoms with Crippen molar-refractivity contribution in [3.63, 3.8) is 0 Å². The number of hydrogen-bond donors (Lipinski definition) is 0. The monoisotopic (exact) mass is 378 g/mol. The third kappa shape index (κ3) is 4.10. The minimum Gasteiger partial charge on any atom is -0.434 e. The first-order valence-corrected chi connectivity index (χ1v) is 8.15. The summed E-state index contributed by atoms with van der Waals surface area (Å²) in [4.78, 5) is 30.6. The zero-order valence-electron chi connectivity index (χ0n) is 14.1. The van der Waals surface area contributed by atoms with Crippen LogP contribution < -0.4 is 9.64 Å². The van der Waals surface area contributed by atoms with Gasteiger partial charge in [-0.05, 0) is 18.2 Å². The number of nitrogens with zero attached hydrogens (tertiary/aromatic N) is 4. The molecule has 1 fully saturated rings. The highest BCUT2D eigenvalue weighted by Gasteiger charge is 2.28. The molecule has 0 radical (unpaired) electrons. The Morgan fingerprint density at radius 1 is 1.15 bits per heavy atom. The van der Waals surface area contributed by atoms with Crippen LogP contribution in [0.5, 0.6) is 5.75 Å². The Morgan fingerprint density at radius 2 is 1.85 bits per heavy atom. The Hall–Kier alpha value is -3.30. The summed E-state index contributed by atoms with van der Waals surface area (Å²) < 4.78 is 29.5. The summed E-state index contributed by atoms with van der Waals surface area (Å²) in [7, 11) is 0. The van der Waals surface area contributed by atoms with Crippen molar-refractivity contribution in [3.8, 4) is 5.75 Å². The average Bonchev–Trinajstić information content (AvgIpc) is 2.67. The van der Waals surface area contributed by atoms with Gasteiger partial charge in [-0.25, -0.2) is 4.98 Å². The van der Waals surface area contributed by atoms with Crippen LogP contribution in [0.2, 0.25) is 0 Å². The first-order valence-electron chi connectivity index (χ1n) is 8.15. The van der Waals surface area contributed by atoms with Crippen molar-refractivity contribution in [2.45, 2.75) is 6.61 Å². The molecule has 0 bridgehead atoms. The number of hydrogen-bond acceptors (Lipinski definition) is 6. The molecule has 3 rings (SSSR count). The first-order chi connectivity index (χ1) is 13.0. The number of pyridine rings is 1. The Kier molecular flexibility index (Phi) is 5.43. The Morgan fingerprint density at radius 3 is 2.52 bits per heavy atom. The minimum atomic E-state index is -3.03. The Labute approximate surface area is 153 Å². The molecule has 1 aromatic carbocycles. The molecule has 1 aliphatic heterocycles. The zero-order valence-corrected chi connectivity index (χ0v) is 14.1. The zero-order chi connectivity index (χ0) is 19.4. The topological polar surface area (TPSA) is 88.8 Å². The number of amides is 1. The second-order valence-corrected chi connectivity index (χ2v) is 5.76. The van der Waals surface area contributed by atoms with E-state index in [1.165, 1.54) is 41.4 Å². The van der Waals surface area contributed by atoms with E-state index in [0.717, 1.165) is 0 Å². The quantitative estimate of drug-likeness (QED) is 0.587. The summed E-state index contributed by atoms with van der Waals surface area (Å²) in [6, 6.07) is 8.67. The number of halogens is 2. The second kappa shape index (κ2) is 7.94. The lowest BCUT2D eigenvalue weighted by atomic mass is 10.1. The lowest BCUT2D eigenvalue weighted by molar-refractivity contribution is -0.384. The number of ether oxygens (including phenoxy) is 1. The van der Waals surface area contributed by atoms with Crippen LogP contribution in [0.3, 0.4) is 0 Å².